The van der Waals surface area contributed by atoms with Crippen LogP contribution in [0.4, 0.5) is 0 Å². The summed E-state index contributed by atoms with van der Waals surface area (Å²) in [6.07, 6.45) is 0.821. The number of carboxylic acid groups (broad SMARTS) is 1. The molecule has 108 valence electrons. The number of halogens is 2. The van der Waals surface area contributed by atoms with E-state index in [0.717, 1.165) is 12.1 Å². The molecule has 6 heteroatoms. The Morgan fingerprint density at radius 2 is 2.05 bits per heavy atom. The average molecular weight is 324 g/mol. The van der Waals surface area contributed by atoms with E-state index in [9.17, 15) is 4.79 Å². The Kier molecular flexibility index (Phi) is 6.60. The second kappa shape index (κ2) is 7.48. The molecule has 0 aromatic carbocycles. The predicted octanol–water partition coefficient (Wildman–Crippen LogP) is 4.69. The van der Waals surface area contributed by atoms with Crippen LogP contribution in [0.3, 0.4) is 0 Å². The van der Waals surface area contributed by atoms with Gasteiger partial charge in [0.05, 0.1) is 8.67 Å². The molecule has 3 nitrogen and oxygen atoms in total. The van der Waals surface area contributed by atoms with Crippen LogP contribution in [0, 0.1) is 0 Å². The minimum atomic E-state index is -0.757. The van der Waals surface area contributed by atoms with Gasteiger partial charge in [-0.2, -0.15) is 0 Å². The summed E-state index contributed by atoms with van der Waals surface area (Å²) in [6, 6.07) is 2.34. The predicted molar refractivity (Wildman–Crippen MR) is 81.5 cm³/mol. The third kappa shape index (κ3) is 4.95. The number of rotatable bonds is 7. The number of carboxylic acids is 1. The summed E-state index contributed by atoms with van der Waals surface area (Å²) in [5.41, 5.74) is 1.01. The Bertz CT molecular complexity index is 434. The fraction of sp³-hybridized carbons (Fsp3) is 0.615. The smallest absolute Gasteiger partial charge is 0.303 e. The molecule has 0 aliphatic rings. The average Bonchev–Trinajstić information content (AvgIpc) is 2.62. The molecule has 0 aliphatic carbocycles. The fourth-order valence-corrected chi connectivity index (χ4v) is 3.76. The maximum absolute atomic E-state index is 10.6. The van der Waals surface area contributed by atoms with Gasteiger partial charge in [-0.25, -0.2) is 0 Å². The van der Waals surface area contributed by atoms with Gasteiger partial charge in [-0.3, -0.25) is 9.69 Å². The van der Waals surface area contributed by atoms with Crippen molar-refractivity contribution in [3.8, 4) is 0 Å². The lowest BCUT2D eigenvalue weighted by atomic mass is 10.1. The van der Waals surface area contributed by atoms with E-state index in [1.165, 1.54) is 11.3 Å². The van der Waals surface area contributed by atoms with Gasteiger partial charge in [0.2, 0.25) is 0 Å². The Balaban J connectivity index is 2.75. The maximum atomic E-state index is 10.6. The molecule has 1 aromatic heterocycles. The van der Waals surface area contributed by atoms with Crippen LogP contribution in [0.5, 0.6) is 0 Å². The Hall–Kier alpha value is -0.290. The molecule has 0 aliphatic heterocycles. The normalized spacial score (nSPS) is 13.2. The van der Waals surface area contributed by atoms with Crippen LogP contribution in [0.25, 0.3) is 0 Å². The van der Waals surface area contributed by atoms with Crippen LogP contribution in [0.2, 0.25) is 8.67 Å². The van der Waals surface area contributed by atoms with Gasteiger partial charge in [-0.1, -0.05) is 23.2 Å². The van der Waals surface area contributed by atoms with Crippen LogP contribution in [-0.4, -0.2) is 28.6 Å². The third-order valence-corrected chi connectivity index (χ3v) is 4.62. The van der Waals surface area contributed by atoms with Crippen molar-refractivity contribution < 1.29 is 9.90 Å². The molecule has 0 amide bonds. The molecule has 1 rings (SSSR count). The molecule has 1 heterocycles. The first-order valence-electron chi connectivity index (χ1n) is 6.25. The van der Waals surface area contributed by atoms with Crippen molar-refractivity contribution in [3.05, 3.63) is 20.3 Å². The van der Waals surface area contributed by atoms with Gasteiger partial charge in [0.1, 0.15) is 0 Å². The van der Waals surface area contributed by atoms with E-state index in [0.29, 0.717) is 21.1 Å². The van der Waals surface area contributed by atoms with E-state index in [1.54, 1.807) is 0 Å². The van der Waals surface area contributed by atoms with Crippen molar-refractivity contribution in [2.45, 2.75) is 45.7 Å². The van der Waals surface area contributed by atoms with Crippen LogP contribution >= 0.6 is 34.5 Å². The van der Waals surface area contributed by atoms with Gasteiger partial charge in [0, 0.05) is 24.1 Å². The molecule has 1 N–H and O–H groups in total. The van der Waals surface area contributed by atoms with Crippen molar-refractivity contribution in [1.82, 2.24) is 4.90 Å². The SMILES string of the molecule is CC(C)N(CCCC(=O)O)C(C)c1cc(Cl)sc1Cl. The minimum Gasteiger partial charge on any atom is -0.481 e. The highest BCUT2D eigenvalue weighted by molar-refractivity contribution is 7.20. The molecule has 0 radical (unpaired) electrons. The highest BCUT2D eigenvalue weighted by Crippen LogP contribution is 2.37. The molecule has 0 spiro atoms. The van der Waals surface area contributed by atoms with Crippen molar-refractivity contribution in [2.24, 2.45) is 0 Å². The van der Waals surface area contributed by atoms with Gasteiger partial charge in [0.25, 0.3) is 0 Å². The summed E-state index contributed by atoms with van der Waals surface area (Å²) >= 11 is 13.5. The zero-order valence-electron chi connectivity index (χ0n) is 11.3. The Morgan fingerprint density at radius 3 is 2.47 bits per heavy atom. The Morgan fingerprint density at radius 1 is 1.42 bits per heavy atom. The summed E-state index contributed by atoms with van der Waals surface area (Å²) in [6.45, 7) is 7.00. The number of thiophene rings is 1. The summed E-state index contributed by atoms with van der Waals surface area (Å²) in [7, 11) is 0. The molecule has 0 fully saturated rings. The van der Waals surface area contributed by atoms with E-state index in [-0.39, 0.29) is 12.5 Å². The summed E-state index contributed by atoms with van der Waals surface area (Å²) in [5, 5.41) is 8.71. The maximum Gasteiger partial charge on any atom is 0.303 e. The Labute approximate surface area is 128 Å². The lowest BCUT2D eigenvalue weighted by Gasteiger charge is -2.32. The van der Waals surface area contributed by atoms with E-state index in [1.807, 2.05) is 6.07 Å². The molecular formula is C13H19Cl2NO2S. The first kappa shape index (κ1) is 16.8. The number of hydrogen-bond acceptors (Lipinski definition) is 3. The van der Waals surface area contributed by atoms with Gasteiger partial charge < -0.3 is 5.11 Å². The molecule has 1 unspecified atom stereocenters. The molecule has 0 saturated heterocycles. The topological polar surface area (TPSA) is 40.5 Å². The highest BCUT2D eigenvalue weighted by Gasteiger charge is 2.22. The molecular weight excluding hydrogens is 305 g/mol. The zero-order valence-corrected chi connectivity index (χ0v) is 13.6. The highest BCUT2D eigenvalue weighted by atomic mass is 35.5. The van der Waals surface area contributed by atoms with E-state index in [2.05, 4.69) is 25.7 Å². The quantitative estimate of drug-likeness (QED) is 0.791. The lowest BCUT2D eigenvalue weighted by molar-refractivity contribution is -0.137. The summed E-state index contributed by atoms with van der Waals surface area (Å²) in [4.78, 5) is 12.8. The van der Waals surface area contributed by atoms with E-state index < -0.39 is 5.97 Å². The minimum absolute atomic E-state index is 0.130. The standard InChI is InChI=1S/C13H19Cl2NO2S/c1-8(2)16(6-4-5-12(17)18)9(3)10-7-11(14)19-13(10)15/h7-9H,4-6H2,1-3H3,(H,17,18). The second-order valence-electron chi connectivity index (χ2n) is 4.78. The van der Waals surface area contributed by atoms with Crippen molar-refractivity contribution in [2.75, 3.05) is 6.54 Å². The zero-order chi connectivity index (χ0) is 14.6. The van der Waals surface area contributed by atoms with Crippen LogP contribution < -0.4 is 0 Å². The second-order valence-corrected chi connectivity index (χ2v) is 7.07. The number of nitrogens with zero attached hydrogens (tertiary/aromatic N) is 1. The van der Waals surface area contributed by atoms with Gasteiger partial charge in [0.15, 0.2) is 0 Å². The largest absolute Gasteiger partial charge is 0.481 e. The summed E-state index contributed by atoms with van der Waals surface area (Å²) in [5.74, 6) is -0.757. The molecule has 1 aromatic rings. The summed E-state index contributed by atoms with van der Waals surface area (Å²) < 4.78 is 1.39. The first-order valence-corrected chi connectivity index (χ1v) is 7.82. The molecule has 0 saturated carbocycles. The van der Waals surface area contributed by atoms with Crippen LogP contribution in [-0.2, 0) is 4.79 Å². The molecule has 0 bridgehead atoms. The van der Waals surface area contributed by atoms with Crippen molar-refractivity contribution >= 4 is 40.5 Å². The lowest BCUT2D eigenvalue weighted by Crippen LogP contribution is -2.34. The number of hydrogen-bond donors (Lipinski definition) is 1. The third-order valence-electron chi connectivity index (χ3n) is 3.10. The van der Waals surface area contributed by atoms with Gasteiger partial charge in [-0.15, -0.1) is 11.3 Å². The number of aliphatic carboxylic acids is 1. The van der Waals surface area contributed by atoms with Crippen LogP contribution in [0.15, 0.2) is 6.07 Å². The number of carbonyl (C=O) groups is 1. The van der Waals surface area contributed by atoms with Gasteiger partial charge in [-0.05, 0) is 39.8 Å². The van der Waals surface area contributed by atoms with Crippen molar-refractivity contribution in [3.63, 3.8) is 0 Å². The van der Waals surface area contributed by atoms with Crippen LogP contribution in [0.1, 0.15) is 45.2 Å². The van der Waals surface area contributed by atoms with E-state index >= 15 is 0 Å². The van der Waals surface area contributed by atoms with E-state index in [4.69, 9.17) is 28.3 Å². The van der Waals surface area contributed by atoms with Crippen molar-refractivity contribution in [1.29, 1.82) is 0 Å². The van der Waals surface area contributed by atoms with Gasteiger partial charge >= 0.3 is 5.97 Å². The molecule has 1 atom stereocenters. The monoisotopic (exact) mass is 323 g/mol. The fourth-order valence-electron chi connectivity index (χ4n) is 2.13. The molecule has 19 heavy (non-hydrogen) atoms. The first-order chi connectivity index (χ1) is 8.82.